The number of ether oxygens (including phenoxy) is 2. The van der Waals surface area contributed by atoms with Crippen LogP contribution in [0.1, 0.15) is 149 Å². The fourth-order valence-electron chi connectivity index (χ4n) is 4.74. The van der Waals surface area contributed by atoms with E-state index in [1.807, 2.05) is 12.2 Å². The summed E-state index contributed by atoms with van der Waals surface area (Å²) in [5.74, 6) is -0.490. The molecule has 0 bridgehead atoms. The second-order valence-electron chi connectivity index (χ2n) is 12.7. The molecule has 10 heteroatoms. The number of unbranched alkanes of at least 4 members (excludes halogenated alkanes) is 11. The third-order valence-electron chi connectivity index (χ3n) is 7.50. The second kappa shape index (κ2) is 31.9. The van der Waals surface area contributed by atoms with Gasteiger partial charge in [0.2, 0.25) is 0 Å². The Kier molecular flexibility index (Phi) is 30.4. The van der Waals surface area contributed by atoms with E-state index >= 15 is 0 Å². The van der Waals surface area contributed by atoms with E-state index in [2.05, 4.69) is 49.6 Å². The summed E-state index contributed by atoms with van der Waals surface area (Å²) in [5, 5.41) is 0. The number of phosphoric acid groups is 1. The van der Waals surface area contributed by atoms with Gasteiger partial charge >= 0.3 is 19.8 Å². The van der Waals surface area contributed by atoms with E-state index in [0.29, 0.717) is 6.42 Å². The average Bonchev–Trinajstić information content (AvgIpc) is 3.02. The Hall–Kier alpha value is -2.32. The van der Waals surface area contributed by atoms with E-state index in [0.717, 1.165) is 44.4 Å². The summed E-state index contributed by atoms with van der Waals surface area (Å²) in [5.41, 5.74) is 0. The zero-order valence-electron chi connectivity index (χ0n) is 30.0. The van der Waals surface area contributed by atoms with E-state index in [9.17, 15) is 18.9 Å². The fraction of sp³-hybridized carbons (Fsp3) is 0.711. The first-order valence-electron chi connectivity index (χ1n) is 18.2. The van der Waals surface area contributed by atoms with Crippen molar-refractivity contribution in [2.24, 2.45) is 5.92 Å². The van der Waals surface area contributed by atoms with Crippen molar-refractivity contribution in [2.75, 3.05) is 13.2 Å². The summed E-state index contributed by atoms with van der Waals surface area (Å²) in [6, 6.07) is 0. The predicted octanol–water partition coefficient (Wildman–Crippen LogP) is 9.82. The molecule has 0 amide bonds. The first-order chi connectivity index (χ1) is 23.0. The van der Waals surface area contributed by atoms with E-state index < -0.39 is 39.1 Å². The summed E-state index contributed by atoms with van der Waals surface area (Å²) >= 11 is 0. The SMILES string of the molecule is CCCCC/C=C\C/C=C\C/C=C\C=C\C(=O)CCCC(=O)OC[C@H](COP(=O)(O)O)OC(=O)CCCCCCCCCCCC(C)C. The smallest absolute Gasteiger partial charge is 0.462 e. The van der Waals surface area contributed by atoms with E-state index in [4.69, 9.17) is 19.3 Å². The van der Waals surface area contributed by atoms with E-state index in [1.54, 1.807) is 6.08 Å². The van der Waals surface area contributed by atoms with Crippen LogP contribution in [0.25, 0.3) is 0 Å². The summed E-state index contributed by atoms with van der Waals surface area (Å²) < 4.78 is 26.1. The third-order valence-corrected chi connectivity index (χ3v) is 7.99. The maximum absolute atomic E-state index is 12.3. The highest BCUT2D eigenvalue weighted by Gasteiger charge is 2.23. The molecule has 0 spiro atoms. The summed E-state index contributed by atoms with van der Waals surface area (Å²) in [6.07, 6.45) is 32.8. The lowest BCUT2D eigenvalue weighted by Gasteiger charge is -2.18. The van der Waals surface area contributed by atoms with E-state index in [-0.39, 0.29) is 31.5 Å². The first-order valence-corrected chi connectivity index (χ1v) is 19.8. The van der Waals surface area contributed by atoms with E-state index in [1.165, 1.54) is 63.9 Å². The number of hydrogen-bond donors (Lipinski definition) is 2. The summed E-state index contributed by atoms with van der Waals surface area (Å²) in [4.78, 5) is 54.7. The standard InChI is InChI=1S/C38H65O9P/c1-4-5-6-7-8-9-10-11-12-15-18-21-24-28-35(39)29-26-31-37(40)45-32-36(33-46-48(42,43)44)47-38(41)30-25-22-19-16-13-14-17-20-23-27-34(2)3/h8-9,11-12,18,21,24,28,34,36H,4-7,10,13-17,19-20,22-23,25-27,29-33H2,1-3H3,(H2,42,43,44)/b9-8-,12-11-,21-18-,28-24+/t36-/m1/s1. The molecular weight excluding hydrogens is 631 g/mol. The molecule has 1 atom stereocenters. The normalized spacial score (nSPS) is 13.0. The third kappa shape index (κ3) is 35.0. The van der Waals surface area contributed by atoms with Crippen LogP contribution in [0.3, 0.4) is 0 Å². The predicted molar refractivity (Wildman–Crippen MR) is 193 cm³/mol. The molecule has 0 fully saturated rings. The largest absolute Gasteiger partial charge is 0.469 e. The molecule has 48 heavy (non-hydrogen) atoms. The zero-order chi connectivity index (χ0) is 35.7. The number of carbonyl (C=O) groups excluding carboxylic acids is 3. The number of allylic oxidation sites excluding steroid dienone is 8. The van der Waals surface area contributed by atoms with Crippen molar-refractivity contribution in [3.05, 3.63) is 48.6 Å². The van der Waals surface area contributed by atoms with Gasteiger partial charge < -0.3 is 19.3 Å². The Labute approximate surface area is 290 Å². The molecular formula is C38H65O9P. The monoisotopic (exact) mass is 696 g/mol. The molecule has 0 saturated carbocycles. The lowest BCUT2D eigenvalue weighted by Crippen LogP contribution is -2.29. The number of carbonyl (C=O) groups is 3. The highest BCUT2D eigenvalue weighted by Crippen LogP contribution is 2.36. The lowest BCUT2D eigenvalue weighted by atomic mass is 10.0. The van der Waals surface area contributed by atoms with Crippen LogP contribution in [0, 0.1) is 5.92 Å². The molecule has 0 radical (unpaired) electrons. The van der Waals surface area contributed by atoms with Gasteiger partial charge in [-0.15, -0.1) is 0 Å². The van der Waals surface area contributed by atoms with Crippen LogP contribution in [0.15, 0.2) is 48.6 Å². The second-order valence-corrected chi connectivity index (χ2v) is 14.0. The average molecular weight is 697 g/mol. The lowest BCUT2D eigenvalue weighted by molar-refractivity contribution is -0.161. The molecule has 0 saturated heterocycles. The zero-order valence-corrected chi connectivity index (χ0v) is 30.9. The van der Waals surface area contributed by atoms with Gasteiger partial charge in [0.05, 0.1) is 6.61 Å². The van der Waals surface area contributed by atoms with Crippen LogP contribution in [0.5, 0.6) is 0 Å². The minimum atomic E-state index is -4.80. The van der Waals surface area contributed by atoms with Gasteiger partial charge in [0.1, 0.15) is 6.61 Å². The molecule has 0 aromatic carbocycles. The first kappa shape index (κ1) is 45.7. The van der Waals surface area contributed by atoms with Crippen LogP contribution in [0.4, 0.5) is 0 Å². The van der Waals surface area contributed by atoms with Gasteiger partial charge in [0, 0.05) is 19.3 Å². The van der Waals surface area contributed by atoms with Crippen LogP contribution in [-0.2, 0) is 32.9 Å². The molecule has 0 rings (SSSR count). The van der Waals surface area contributed by atoms with Gasteiger partial charge in [-0.05, 0) is 50.5 Å². The van der Waals surface area contributed by atoms with Gasteiger partial charge in [0.15, 0.2) is 11.9 Å². The molecule has 0 aromatic rings. The van der Waals surface area contributed by atoms with Gasteiger partial charge in [0.25, 0.3) is 0 Å². The number of phosphoric ester groups is 1. The van der Waals surface area contributed by atoms with Gasteiger partial charge in [-0.3, -0.25) is 18.9 Å². The van der Waals surface area contributed by atoms with Crippen molar-refractivity contribution >= 4 is 25.5 Å². The molecule has 9 nitrogen and oxygen atoms in total. The van der Waals surface area contributed by atoms with Crippen LogP contribution in [-0.4, -0.2) is 46.8 Å². The minimum Gasteiger partial charge on any atom is -0.462 e. The maximum Gasteiger partial charge on any atom is 0.469 e. The summed E-state index contributed by atoms with van der Waals surface area (Å²) in [7, 11) is -4.80. The van der Waals surface area contributed by atoms with Crippen molar-refractivity contribution < 1.29 is 42.7 Å². The number of ketones is 1. The number of esters is 2. The quantitative estimate of drug-likeness (QED) is 0.0176. The van der Waals surface area contributed by atoms with Crippen molar-refractivity contribution in [1.82, 2.24) is 0 Å². The maximum atomic E-state index is 12.3. The van der Waals surface area contributed by atoms with Crippen molar-refractivity contribution in [3.8, 4) is 0 Å². The fourth-order valence-corrected chi connectivity index (χ4v) is 5.11. The highest BCUT2D eigenvalue weighted by atomic mass is 31.2. The number of rotatable bonds is 32. The Morgan fingerprint density at radius 1 is 0.667 bits per heavy atom. The molecule has 0 aromatic heterocycles. The molecule has 0 aliphatic carbocycles. The Balaban J connectivity index is 4.21. The topological polar surface area (TPSA) is 136 Å². The van der Waals surface area contributed by atoms with Crippen molar-refractivity contribution in [2.45, 2.75) is 155 Å². The number of hydrogen-bond acceptors (Lipinski definition) is 7. The molecule has 2 N–H and O–H groups in total. The molecule has 0 aliphatic heterocycles. The summed E-state index contributed by atoms with van der Waals surface area (Å²) in [6.45, 7) is 5.70. The minimum absolute atomic E-state index is 0.0226. The molecule has 0 aliphatic rings. The van der Waals surface area contributed by atoms with Gasteiger partial charge in [-0.1, -0.05) is 134 Å². The van der Waals surface area contributed by atoms with Crippen LogP contribution < -0.4 is 0 Å². The van der Waals surface area contributed by atoms with Gasteiger partial charge in [-0.2, -0.15) is 0 Å². The van der Waals surface area contributed by atoms with Gasteiger partial charge in [-0.25, -0.2) is 4.57 Å². The van der Waals surface area contributed by atoms with Crippen LogP contribution >= 0.6 is 7.82 Å². The van der Waals surface area contributed by atoms with Crippen LogP contribution in [0.2, 0.25) is 0 Å². The highest BCUT2D eigenvalue weighted by molar-refractivity contribution is 7.46. The Morgan fingerprint density at radius 3 is 1.92 bits per heavy atom. The van der Waals surface area contributed by atoms with Crippen molar-refractivity contribution in [1.29, 1.82) is 0 Å². The molecule has 0 heterocycles. The molecule has 276 valence electrons. The van der Waals surface area contributed by atoms with Crippen molar-refractivity contribution in [3.63, 3.8) is 0 Å². The molecule has 0 unspecified atom stereocenters. The Morgan fingerprint density at radius 2 is 1.27 bits per heavy atom. The Bertz CT molecular complexity index is 994.